The molecular formula is C12H14BrF. The molecule has 2 heteroatoms. The quantitative estimate of drug-likeness (QED) is 0.687. The van der Waals surface area contributed by atoms with Crippen LogP contribution in [-0.4, -0.2) is 0 Å². The number of benzene rings is 1. The normalized spacial score (nSPS) is 18.4. The van der Waals surface area contributed by atoms with Gasteiger partial charge in [0, 0.05) is 4.47 Å². The SMILES string of the molecule is Fc1ccc(Br)cc1C1CCCCC1. The highest BCUT2D eigenvalue weighted by atomic mass is 79.9. The Bertz CT molecular complexity index is 316. The summed E-state index contributed by atoms with van der Waals surface area (Å²) in [7, 11) is 0. The first-order chi connectivity index (χ1) is 6.77. The number of halogens is 2. The van der Waals surface area contributed by atoms with Crippen molar-refractivity contribution in [2.24, 2.45) is 0 Å². The summed E-state index contributed by atoms with van der Waals surface area (Å²) in [6.45, 7) is 0. The third-order valence-corrected chi connectivity index (χ3v) is 3.50. The maximum atomic E-state index is 13.5. The second kappa shape index (κ2) is 4.43. The molecule has 1 saturated carbocycles. The van der Waals surface area contributed by atoms with E-state index in [1.165, 1.54) is 19.3 Å². The van der Waals surface area contributed by atoms with Crippen LogP contribution in [0, 0.1) is 5.82 Å². The van der Waals surface area contributed by atoms with E-state index in [1.54, 1.807) is 12.1 Å². The van der Waals surface area contributed by atoms with E-state index in [1.807, 2.05) is 6.07 Å². The first-order valence-electron chi connectivity index (χ1n) is 5.22. The first kappa shape index (κ1) is 10.2. The third-order valence-electron chi connectivity index (χ3n) is 3.00. The van der Waals surface area contributed by atoms with E-state index in [9.17, 15) is 4.39 Å². The fourth-order valence-electron chi connectivity index (χ4n) is 2.24. The molecule has 0 N–H and O–H groups in total. The van der Waals surface area contributed by atoms with Crippen LogP contribution in [0.25, 0.3) is 0 Å². The second-order valence-corrected chi connectivity index (χ2v) is 4.92. The average molecular weight is 257 g/mol. The number of hydrogen-bond acceptors (Lipinski definition) is 0. The Morgan fingerprint density at radius 2 is 1.86 bits per heavy atom. The molecule has 1 aliphatic rings. The molecule has 0 nitrogen and oxygen atoms in total. The fraction of sp³-hybridized carbons (Fsp3) is 0.500. The van der Waals surface area contributed by atoms with Gasteiger partial charge in [0.25, 0.3) is 0 Å². The predicted molar refractivity (Wildman–Crippen MR) is 59.9 cm³/mol. The largest absolute Gasteiger partial charge is 0.207 e. The highest BCUT2D eigenvalue weighted by molar-refractivity contribution is 9.10. The average Bonchev–Trinajstić information content (AvgIpc) is 2.23. The predicted octanol–water partition coefficient (Wildman–Crippen LogP) is 4.64. The van der Waals surface area contributed by atoms with E-state index in [2.05, 4.69) is 15.9 Å². The van der Waals surface area contributed by atoms with Crippen LogP contribution in [0.4, 0.5) is 4.39 Å². The summed E-state index contributed by atoms with van der Waals surface area (Å²) >= 11 is 3.40. The van der Waals surface area contributed by atoms with Crippen molar-refractivity contribution in [3.8, 4) is 0 Å². The lowest BCUT2D eigenvalue weighted by Gasteiger charge is -2.22. The summed E-state index contributed by atoms with van der Waals surface area (Å²) < 4.78 is 14.5. The maximum absolute atomic E-state index is 13.5. The topological polar surface area (TPSA) is 0 Å². The smallest absolute Gasteiger partial charge is 0.126 e. The minimum Gasteiger partial charge on any atom is -0.207 e. The molecule has 0 saturated heterocycles. The number of hydrogen-bond donors (Lipinski definition) is 0. The van der Waals surface area contributed by atoms with Crippen LogP contribution >= 0.6 is 15.9 Å². The highest BCUT2D eigenvalue weighted by Crippen LogP contribution is 2.34. The molecule has 0 atom stereocenters. The van der Waals surface area contributed by atoms with Crippen molar-refractivity contribution >= 4 is 15.9 Å². The summed E-state index contributed by atoms with van der Waals surface area (Å²) in [4.78, 5) is 0. The zero-order valence-electron chi connectivity index (χ0n) is 8.10. The zero-order chi connectivity index (χ0) is 9.97. The van der Waals surface area contributed by atoms with E-state index in [-0.39, 0.29) is 5.82 Å². The minimum atomic E-state index is -0.0416. The van der Waals surface area contributed by atoms with E-state index >= 15 is 0 Å². The van der Waals surface area contributed by atoms with E-state index < -0.39 is 0 Å². The van der Waals surface area contributed by atoms with Crippen molar-refractivity contribution in [1.82, 2.24) is 0 Å². The molecule has 0 amide bonds. The van der Waals surface area contributed by atoms with Gasteiger partial charge in [-0.1, -0.05) is 35.2 Å². The van der Waals surface area contributed by atoms with Crippen molar-refractivity contribution in [1.29, 1.82) is 0 Å². The molecule has 0 heterocycles. The van der Waals surface area contributed by atoms with Gasteiger partial charge in [-0.2, -0.15) is 0 Å². The zero-order valence-corrected chi connectivity index (χ0v) is 9.69. The number of rotatable bonds is 1. The van der Waals surface area contributed by atoms with Crippen LogP contribution in [0.1, 0.15) is 43.6 Å². The van der Waals surface area contributed by atoms with Gasteiger partial charge in [-0.25, -0.2) is 4.39 Å². The van der Waals surface area contributed by atoms with Gasteiger partial charge in [-0.05, 0) is 42.5 Å². The van der Waals surface area contributed by atoms with Crippen LogP contribution < -0.4 is 0 Å². The molecular weight excluding hydrogens is 243 g/mol. The molecule has 14 heavy (non-hydrogen) atoms. The lowest BCUT2D eigenvalue weighted by atomic mass is 9.84. The van der Waals surface area contributed by atoms with Crippen molar-refractivity contribution in [3.05, 3.63) is 34.1 Å². The molecule has 0 aromatic heterocycles. The monoisotopic (exact) mass is 256 g/mol. The first-order valence-corrected chi connectivity index (χ1v) is 6.01. The maximum Gasteiger partial charge on any atom is 0.126 e. The van der Waals surface area contributed by atoms with Crippen molar-refractivity contribution in [2.75, 3.05) is 0 Å². The minimum absolute atomic E-state index is 0.0416. The van der Waals surface area contributed by atoms with E-state index in [4.69, 9.17) is 0 Å². The van der Waals surface area contributed by atoms with Crippen molar-refractivity contribution < 1.29 is 4.39 Å². The molecule has 1 aromatic carbocycles. The summed E-state index contributed by atoms with van der Waals surface area (Å²) in [5.41, 5.74) is 0.902. The van der Waals surface area contributed by atoms with Crippen molar-refractivity contribution in [3.63, 3.8) is 0 Å². The van der Waals surface area contributed by atoms with Crippen LogP contribution in [0.5, 0.6) is 0 Å². The van der Waals surface area contributed by atoms with Gasteiger partial charge in [0.2, 0.25) is 0 Å². The summed E-state index contributed by atoms with van der Waals surface area (Å²) in [6, 6.07) is 5.26. The van der Waals surface area contributed by atoms with Crippen LogP contribution in [-0.2, 0) is 0 Å². The van der Waals surface area contributed by atoms with Crippen LogP contribution in [0.3, 0.4) is 0 Å². The molecule has 0 unspecified atom stereocenters. The van der Waals surface area contributed by atoms with Gasteiger partial charge in [-0.3, -0.25) is 0 Å². The summed E-state index contributed by atoms with van der Waals surface area (Å²) in [6.07, 6.45) is 6.10. The Morgan fingerprint density at radius 3 is 2.57 bits per heavy atom. The summed E-state index contributed by atoms with van der Waals surface area (Å²) in [5.74, 6) is 0.404. The third kappa shape index (κ3) is 2.17. The Balaban J connectivity index is 2.24. The van der Waals surface area contributed by atoms with Crippen LogP contribution in [0.15, 0.2) is 22.7 Å². The lowest BCUT2D eigenvalue weighted by Crippen LogP contribution is -2.06. The lowest BCUT2D eigenvalue weighted by molar-refractivity contribution is 0.429. The van der Waals surface area contributed by atoms with Gasteiger partial charge in [-0.15, -0.1) is 0 Å². The molecule has 1 fully saturated rings. The molecule has 76 valence electrons. The van der Waals surface area contributed by atoms with Crippen molar-refractivity contribution in [2.45, 2.75) is 38.0 Å². The Hall–Kier alpha value is -0.370. The van der Waals surface area contributed by atoms with Gasteiger partial charge in [0.05, 0.1) is 0 Å². The molecule has 1 aromatic rings. The molecule has 0 radical (unpaired) electrons. The highest BCUT2D eigenvalue weighted by Gasteiger charge is 2.18. The Kier molecular flexibility index (Phi) is 3.22. The molecule has 0 bridgehead atoms. The van der Waals surface area contributed by atoms with Gasteiger partial charge in [0.1, 0.15) is 5.82 Å². The standard InChI is InChI=1S/C12H14BrF/c13-10-6-7-12(14)11(8-10)9-4-2-1-3-5-9/h6-9H,1-5H2. The fourth-order valence-corrected chi connectivity index (χ4v) is 2.62. The Labute approximate surface area is 92.6 Å². The van der Waals surface area contributed by atoms with Gasteiger partial charge < -0.3 is 0 Å². The second-order valence-electron chi connectivity index (χ2n) is 4.00. The van der Waals surface area contributed by atoms with E-state index in [0.717, 1.165) is 22.9 Å². The molecule has 0 spiro atoms. The van der Waals surface area contributed by atoms with E-state index in [0.29, 0.717) is 5.92 Å². The molecule has 1 aliphatic carbocycles. The van der Waals surface area contributed by atoms with Crippen LogP contribution in [0.2, 0.25) is 0 Å². The van der Waals surface area contributed by atoms with Gasteiger partial charge >= 0.3 is 0 Å². The Morgan fingerprint density at radius 1 is 1.14 bits per heavy atom. The summed E-state index contributed by atoms with van der Waals surface area (Å²) in [5, 5.41) is 0. The molecule has 2 rings (SSSR count). The van der Waals surface area contributed by atoms with Gasteiger partial charge in [0.15, 0.2) is 0 Å². The molecule has 0 aliphatic heterocycles.